The van der Waals surface area contributed by atoms with Crippen molar-refractivity contribution >= 4 is 31.6 Å². The van der Waals surface area contributed by atoms with Crippen LogP contribution in [-0.2, 0) is 16.6 Å². The van der Waals surface area contributed by atoms with Gasteiger partial charge in [-0.15, -0.1) is 0 Å². The summed E-state index contributed by atoms with van der Waals surface area (Å²) in [6.45, 7) is -0.280. The normalized spacial score (nSPS) is 11.5. The van der Waals surface area contributed by atoms with Crippen LogP contribution >= 0.6 is 15.9 Å². The van der Waals surface area contributed by atoms with Gasteiger partial charge in [0.2, 0.25) is 0 Å². The molecule has 0 spiro atoms. The number of hydrogen-bond donors (Lipinski definition) is 3. The van der Waals surface area contributed by atoms with Gasteiger partial charge in [-0.3, -0.25) is 4.72 Å². The highest BCUT2D eigenvalue weighted by atomic mass is 79.9. The van der Waals surface area contributed by atoms with Crippen LogP contribution in [0, 0.1) is 5.82 Å². The third-order valence-electron chi connectivity index (χ3n) is 2.37. The van der Waals surface area contributed by atoms with Gasteiger partial charge in [0, 0.05) is 11.9 Å². The van der Waals surface area contributed by atoms with Gasteiger partial charge in [0.15, 0.2) is 0 Å². The molecule has 5 nitrogen and oxygen atoms in total. The first kappa shape index (κ1) is 14.0. The van der Waals surface area contributed by atoms with E-state index >= 15 is 0 Å². The highest BCUT2D eigenvalue weighted by molar-refractivity contribution is 9.10. The fourth-order valence-corrected chi connectivity index (χ4v) is 2.88. The van der Waals surface area contributed by atoms with Crippen LogP contribution in [-0.4, -0.2) is 18.5 Å². The molecule has 102 valence electrons. The number of halogens is 2. The van der Waals surface area contributed by atoms with Crippen molar-refractivity contribution in [1.82, 2.24) is 4.98 Å². The van der Waals surface area contributed by atoms with Gasteiger partial charge in [-0.2, -0.15) is 0 Å². The van der Waals surface area contributed by atoms with Crippen LogP contribution in [0.4, 0.5) is 10.1 Å². The molecule has 0 atom stereocenters. The number of benzene rings is 1. The standard InChI is InChI=1S/C11H10BrFN2O3S/c12-10-4-7(1-2-11(10)13)15-19(17,18)9-3-8(6-16)14-5-9/h1-5,14-16H,6H2. The Kier molecular flexibility index (Phi) is 3.93. The summed E-state index contributed by atoms with van der Waals surface area (Å²) in [5.41, 5.74) is 0.626. The third kappa shape index (κ3) is 3.14. The van der Waals surface area contributed by atoms with Gasteiger partial charge in [0.1, 0.15) is 10.7 Å². The molecule has 0 fully saturated rings. The van der Waals surface area contributed by atoms with Crippen molar-refractivity contribution in [2.24, 2.45) is 0 Å². The number of hydrogen-bond acceptors (Lipinski definition) is 3. The number of aromatic amines is 1. The molecule has 2 aromatic rings. The monoisotopic (exact) mass is 348 g/mol. The minimum absolute atomic E-state index is 0.00278. The molecule has 0 aliphatic heterocycles. The van der Waals surface area contributed by atoms with Crippen molar-refractivity contribution in [2.45, 2.75) is 11.5 Å². The molecular weight excluding hydrogens is 339 g/mol. The molecule has 0 radical (unpaired) electrons. The van der Waals surface area contributed by atoms with Crippen LogP contribution in [0.2, 0.25) is 0 Å². The molecule has 0 aliphatic carbocycles. The molecule has 0 saturated heterocycles. The molecule has 1 aromatic carbocycles. The lowest BCUT2D eigenvalue weighted by atomic mass is 10.3. The lowest BCUT2D eigenvalue weighted by molar-refractivity contribution is 0.277. The zero-order valence-corrected chi connectivity index (χ0v) is 11.9. The Labute approximate surface area is 117 Å². The molecule has 3 N–H and O–H groups in total. The second-order valence-electron chi connectivity index (χ2n) is 3.75. The Balaban J connectivity index is 2.28. The molecule has 2 rings (SSSR count). The van der Waals surface area contributed by atoms with Gasteiger partial charge in [-0.05, 0) is 40.2 Å². The lowest BCUT2D eigenvalue weighted by Gasteiger charge is -2.07. The van der Waals surface area contributed by atoms with E-state index in [9.17, 15) is 12.8 Å². The first-order valence-corrected chi connectivity index (χ1v) is 7.46. The topological polar surface area (TPSA) is 82.2 Å². The number of aliphatic hydroxyl groups excluding tert-OH is 1. The van der Waals surface area contributed by atoms with E-state index in [4.69, 9.17) is 5.11 Å². The van der Waals surface area contributed by atoms with Crippen LogP contribution in [0.3, 0.4) is 0 Å². The van der Waals surface area contributed by atoms with Crippen LogP contribution in [0.5, 0.6) is 0 Å². The van der Waals surface area contributed by atoms with Gasteiger partial charge in [-0.25, -0.2) is 12.8 Å². The van der Waals surface area contributed by atoms with Gasteiger partial charge in [-0.1, -0.05) is 0 Å². The minimum atomic E-state index is -3.77. The fraction of sp³-hybridized carbons (Fsp3) is 0.0909. The largest absolute Gasteiger partial charge is 0.390 e. The average molecular weight is 349 g/mol. The zero-order valence-electron chi connectivity index (χ0n) is 9.52. The van der Waals surface area contributed by atoms with Gasteiger partial charge >= 0.3 is 0 Å². The first-order valence-electron chi connectivity index (χ1n) is 5.18. The number of aliphatic hydroxyl groups is 1. The molecule has 19 heavy (non-hydrogen) atoms. The van der Waals surface area contributed by atoms with E-state index in [1.807, 2.05) is 0 Å². The van der Waals surface area contributed by atoms with E-state index < -0.39 is 15.8 Å². The van der Waals surface area contributed by atoms with E-state index in [2.05, 4.69) is 25.6 Å². The van der Waals surface area contributed by atoms with Gasteiger partial charge in [0.25, 0.3) is 10.0 Å². The van der Waals surface area contributed by atoms with Crippen molar-refractivity contribution in [3.05, 3.63) is 46.4 Å². The Morgan fingerprint density at radius 3 is 2.68 bits per heavy atom. The zero-order chi connectivity index (χ0) is 14.0. The number of sulfonamides is 1. The maximum atomic E-state index is 13.0. The number of anilines is 1. The second-order valence-corrected chi connectivity index (χ2v) is 6.29. The summed E-state index contributed by atoms with van der Waals surface area (Å²) in [5, 5.41) is 8.88. The summed E-state index contributed by atoms with van der Waals surface area (Å²) in [6, 6.07) is 5.11. The van der Waals surface area contributed by atoms with E-state index in [1.165, 1.54) is 24.4 Å². The molecule has 0 saturated carbocycles. The van der Waals surface area contributed by atoms with Crippen molar-refractivity contribution < 1.29 is 17.9 Å². The number of nitrogens with one attached hydrogen (secondary N) is 2. The predicted octanol–water partition coefficient (Wildman–Crippen LogP) is 2.21. The van der Waals surface area contributed by atoms with Crippen molar-refractivity contribution in [2.75, 3.05) is 4.72 Å². The molecule has 0 unspecified atom stereocenters. The maximum absolute atomic E-state index is 13.0. The number of aromatic nitrogens is 1. The fourth-order valence-electron chi connectivity index (χ4n) is 1.44. The van der Waals surface area contributed by atoms with Crippen LogP contribution < -0.4 is 4.72 Å². The van der Waals surface area contributed by atoms with E-state index in [-0.39, 0.29) is 21.7 Å². The van der Waals surface area contributed by atoms with Crippen LogP contribution in [0.25, 0.3) is 0 Å². The number of H-pyrrole nitrogens is 1. The quantitative estimate of drug-likeness (QED) is 0.792. The molecular formula is C11H10BrFN2O3S. The molecule has 0 amide bonds. The summed E-state index contributed by atoms with van der Waals surface area (Å²) >= 11 is 2.98. The lowest BCUT2D eigenvalue weighted by Crippen LogP contribution is -2.12. The smallest absolute Gasteiger partial charge is 0.263 e. The molecule has 0 bridgehead atoms. The third-order valence-corrected chi connectivity index (χ3v) is 4.34. The molecule has 1 aromatic heterocycles. The highest BCUT2D eigenvalue weighted by Crippen LogP contribution is 2.22. The van der Waals surface area contributed by atoms with Crippen molar-refractivity contribution in [3.8, 4) is 0 Å². The van der Waals surface area contributed by atoms with Crippen LogP contribution in [0.1, 0.15) is 5.69 Å². The Morgan fingerprint density at radius 2 is 2.11 bits per heavy atom. The predicted molar refractivity (Wildman–Crippen MR) is 71.6 cm³/mol. The van der Waals surface area contributed by atoms with E-state index in [0.717, 1.165) is 6.07 Å². The van der Waals surface area contributed by atoms with Gasteiger partial charge < -0.3 is 10.1 Å². The number of rotatable bonds is 4. The van der Waals surface area contributed by atoms with Crippen LogP contribution in [0.15, 0.2) is 39.8 Å². The van der Waals surface area contributed by atoms with E-state index in [0.29, 0.717) is 5.69 Å². The van der Waals surface area contributed by atoms with Crippen molar-refractivity contribution in [1.29, 1.82) is 0 Å². The summed E-state index contributed by atoms with van der Waals surface area (Å²) in [6.07, 6.45) is 1.27. The molecule has 8 heteroatoms. The van der Waals surface area contributed by atoms with E-state index in [1.54, 1.807) is 0 Å². The summed E-state index contributed by atoms with van der Waals surface area (Å²) < 4.78 is 39.5. The molecule has 0 aliphatic rings. The minimum Gasteiger partial charge on any atom is -0.390 e. The van der Waals surface area contributed by atoms with Crippen molar-refractivity contribution in [3.63, 3.8) is 0 Å². The summed E-state index contributed by atoms with van der Waals surface area (Å²) in [5.74, 6) is -0.479. The summed E-state index contributed by atoms with van der Waals surface area (Å²) in [7, 11) is -3.77. The highest BCUT2D eigenvalue weighted by Gasteiger charge is 2.16. The Hall–Kier alpha value is -1.38. The average Bonchev–Trinajstić information content (AvgIpc) is 2.83. The first-order chi connectivity index (χ1) is 8.92. The SMILES string of the molecule is O=S(=O)(Nc1ccc(F)c(Br)c1)c1c[nH]c(CO)c1. The van der Waals surface area contributed by atoms with Gasteiger partial charge in [0.05, 0.1) is 16.8 Å². The summed E-state index contributed by atoms with van der Waals surface area (Å²) in [4.78, 5) is 2.63. The molecule has 1 heterocycles. The maximum Gasteiger partial charge on any atom is 0.263 e. The Bertz CT molecular complexity index is 700. The second kappa shape index (κ2) is 5.32. The Morgan fingerprint density at radius 1 is 1.37 bits per heavy atom.